The largest absolute Gasteiger partial charge is 0.324 e. The molecular weight excluding hydrogens is 462 g/mol. The van der Waals surface area contributed by atoms with Crippen LogP contribution in [0.2, 0.25) is 5.02 Å². The second-order valence-electron chi connectivity index (χ2n) is 9.46. The fourth-order valence-corrected chi connectivity index (χ4v) is 6.15. The number of carbonyl (C=O) groups excluding carboxylic acids is 3. The Labute approximate surface area is 208 Å². The minimum absolute atomic E-state index is 0.218. The molecule has 0 bridgehead atoms. The Bertz CT molecular complexity index is 1330. The van der Waals surface area contributed by atoms with Crippen LogP contribution in [0, 0.1) is 11.8 Å². The third kappa shape index (κ3) is 3.39. The van der Waals surface area contributed by atoms with Gasteiger partial charge in [-0.1, -0.05) is 72.3 Å². The van der Waals surface area contributed by atoms with Gasteiger partial charge in [0.2, 0.25) is 17.7 Å². The maximum atomic E-state index is 13.9. The fourth-order valence-electron chi connectivity index (χ4n) is 5.98. The van der Waals surface area contributed by atoms with E-state index in [0.29, 0.717) is 29.1 Å². The number of anilines is 1. The molecule has 6 nitrogen and oxygen atoms in total. The fraction of sp³-hybridized carbons (Fsp3) is 0.250. The molecule has 3 aliphatic rings. The molecule has 35 heavy (non-hydrogen) atoms. The highest BCUT2D eigenvalue weighted by molar-refractivity contribution is 6.31. The first-order valence-corrected chi connectivity index (χ1v) is 12.2. The number of rotatable bonds is 5. The van der Waals surface area contributed by atoms with Gasteiger partial charge in [-0.3, -0.25) is 24.6 Å². The van der Waals surface area contributed by atoms with Gasteiger partial charge in [0.25, 0.3) is 0 Å². The Hall–Kier alpha value is -3.48. The van der Waals surface area contributed by atoms with Crippen LogP contribution in [0.1, 0.15) is 16.7 Å². The third-order valence-corrected chi connectivity index (χ3v) is 7.77. The zero-order valence-electron chi connectivity index (χ0n) is 18.9. The smallest absolute Gasteiger partial charge is 0.250 e. The van der Waals surface area contributed by atoms with Crippen molar-refractivity contribution in [1.82, 2.24) is 10.2 Å². The molecule has 3 heterocycles. The number of imide groups is 1. The molecular formula is C28H24ClN3O3. The normalized spacial score (nSPS) is 26.8. The van der Waals surface area contributed by atoms with Crippen LogP contribution in [0.5, 0.6) is 0 Å². The molecule has 3 aromatic rings. The molecule has 2 fully saturated rings. The van der Waals surface area contributed by atoms with Gasteiger partial charge in [-0.2, -0.15) is 0 Å². The zero-order chi connectivity index (χ0) is 24.2. The zero-order valence-corrected chi connectivity index (χ0v) is 19.7. The van der Waals surface area contributed by atoms with Crippen molar-refractivity contribution in [2.75, 3.05) is 11.9 Å². The molecule has 0 radical (unpaired) electrons. The molecule has 176 valence electrons. The van der Waals surface area contributed by atoms with Gasteiger partial charge in [-0.15, -0.1) is 0 Å². The highest BCUT2D eigenvalue weighted by atomic mass is 35.5. The first kappa shape index (κ1) is 22.0. The molecule has 6 rings (SSSR count). The summed E-state index contributed by atoms with van der Waals surface area (Å²) < 4.78 is 0. The van der Waals surface area contributed by atoms with Gasteiger partial charge in [0.1, 0.15) is 5.54 Å². The number of benzene rings is 3. The van der Waals surface area contributed by atoms with Gasteiger partial charge in [-0.25, -0.2) is 0 Å². The number of hydrogen-bond donors (Lipinski definition) is 2. The molecule has 2 N–H and O–H groups in total. The minimum atomic E-state index is -1.33. The van der Waals surface area contributed by atoms with E-state index in [4.69, 9.17) is 11.6 Å². The lowest BCUT2D eigenvalue weighted by Crippen LogP contribution is -2.53. The van der Waals surface area contributed by atoms with E-state index in [1.165, 1.54) is 4.90 Å². The molecule has 0 aromatic heterocycles. The second kappa shape index (κ2) is 8.33. The SMILES string of the molecule is O=C1[C@@H]2[C@H](Cc3ccccc3)N[C@@]3(C(=O)Nc4ccc(Cl)cc43)[C@@H]2C(=O)N1CCc1ccccc1. The summed E-state index contributed by atoms with van der Waals surface area (Å²) in [5.74, 6) is -2.31. The van der Waals surface area contributed by atoms with Crippen LogP contribution >= 0.6 is 11.6 Å². The van der Waals surface area contributed by atoms with Crippen molar-refractivity contribution in [3.8, 4) is 0 Å². The minimum Gasteiger partial charge on any atom is -0.324 e. The van der Waals surface area contributed by atoms with Crippen LogP contribution < -0.4 is 10.6 Å². The molecule has 0 unspecified atom stereocenters. The molecule has 3 aromatic carbocycles. The van der Waals surface area contributed by atoms with E-state index in [2.05, 4.69) is 10.6 Å². The molecule has 3 aliphatic heterocycles. The first-order valence-electron chi connectivity index (χ1n) is 11.8. The second-order valence-corrected chi connectivity index (χ2v) is 9.90. The summed E-state index contributed by atoms with van der Waals surface area (Å²) in [5.41, 5.74) is 2.00. The number of nitrogens with zero attached hydrogens (tertiary/aromatic N) is 1. The number of halogens is 1. The number of nitrogens with one attached hydrogen (secondary N) is 2. The van der Waals surface area contributed by atoms with Gasteiger partial charge in [0.05, 0.1) is 11.8 Å². The molecule has 1 spiro atoms. The Balaban J connectivity index is 1.41. The van der Waals surface area contributed by atoms with Crippen molar-refractivity contribution in [2.24, 2.45) is 11.8 Å². The van der Waals surface area contributed by atoms with Gasteiger partial charge < -0.3 is 5.32 Å². The van der Waals surface area contributed by atoms with E-state index < -0.39 is 17.4 Å². The molecule has 7 heteroatoms. The van der Waals surface area contributed by atoms with Crippen molar-refractivity contribution in [2.45, 2.75) is 24.4 Å². The van der Waals surface area contributed by atoms with Gasteiger partial charge in [-0.05, 0) is 42.2 Å². The van der Waals surface area contributed by atoms with Crippen molar-refractivity contribution in [3.63, 3.8) is 0 Å². The molecule has 4 atom stereocenters. The van der Waals surface area contributed by atoms with Crippen LogP contribution in [-0.2, 0) is 32.8 Å². The Morgan fingerprint density at radius 3 is 2.26 bits per heavy atom. The summed E-state index contributed by atoms with van der Waals surface area (Å²) in [6.45, 7) is 0.285. The third-order valence-electron chi connectivity index (χ3n) is 7.53. The average molecular weight is 486 g/mol. The number of amides is 3. The van der Waals surface area contributed by atoms with Crippen molar-refractivity contribution < 1.29 is 14.4 Å². The molecule has 0 saturated carbocycles. The monoisotopic (exact) mass is 485 g/mol. The van der Waals surface area contributed by atoms with Gasteiger partial charge in [0, 0.05) is 28.9 Å². The van der Waals surface area contributed by atoms with Crippen molar-refractivity contribution >= 4 is 35.0 Å². The molecule has 2 saturated heterocycles. The Morgan fingerprint density at radius 1 is 0.857 bits per heavy atom. The number of carbonyl (C=O) groups is 3. The quantitative estimate of drug-likeness (QED) is 0.542. The number of fused-ring (bicyclic) bond motifs is 4. The Kier molecular flexibility index (Phi) is 5.24. The van der Waals surface area contributed by atoms with Crippen LogP contribution in [0.25, 0.3) is 0 Å². The Morgan fingerprint density at radius 2 is 1.54 bits per heavy atom. The van der Waals surface area contributed by atoms with Crippen molar-refractivity contribution in [3.05, 3.63) is 101 Å². The predicted octanol–water partition coefficient (Wildman–Crippen LogP) is 3.55. The number of hydrogen-bond acceptors (Lipinski definition) is 4. The first-order chi connectivity index (χ1) is 17.0. The van der Waals surface area contributed by atoms with Crippen LogP contribution in [0.4, 0.5) is 5.69 Å². The van der Waals surface area contributed by atoms with Gasteiger partial charge in [0.15, 0.2) is 0 Å². The summed E-state index contributed by atoms with van der Waals surface area (Å²) in [6.07, 6.45) is 1.09. The molecule has 3 amide bonds. The summed E-state index contributed by atoms with van der Waals surface area (Å²) in [5, 5.41) is 6.86. The van der Waals surface area contributed by atoms with E-state index in [9.17, 15) is 14.4 Å². The van der Waals surface area contributed by atoms with Crippen LogP contribution in [-0.4, -0.2) is 35.2 Å². The summed E-state index contributed by atoms with van der Waals surface area (Å²) in [4.78, 5) is 42.5. The summed E-state index contributed by atoms with van der Waals surface area (Å²) >= 11 is 6.32. The lowest BCUT2D eigenvalue weighted by molar-refractivity contribution is -0.142. The van der Waals surface area contributed by atoms with Crippen LogP contribution in [0.3, 0.4) is 0 Å². The summed E-state index contributed by atoms with van der Waals surface area (Å²) in [7, 11) is 0. The maximum Gasteiger partial charge on any atom is 0.250 e. The molecule has 0 aliphatic carbocycles. The predicted molar refractivity (Wildman–Crippen MR) is 133 cm³/mol. The van der Waals surface area contributed by atoms with Gasteiger partial charge >= 0.3 is 0 Å². The standard InChI is InChI=1S/C28H24ClN3O3/c29-19-11-12-21-20(16-19)28(27(35)30-21)24-23(22(31-28)15-18-9-5-2-6-10-18)25(33)32(26(24)34)14-13-17-7-3-1-4-8-17/h1-12,16,22-24,31H,13-15H2,(H,30,35)/t22-,23+,24-,28+/m0/s1. The lowest BCUT2D eigenvalue weighted by atomic mass is 9.76. The van der Waals surface area contributed by atoms with E-state index in [1.807, 2.05) is 60.7 Å². The topological polar surface area (TPSA) is 78.5 Å². The van der Waals surface area contributed by atoms with Crippen molar-refractivity contribution in [1.29, 1.82) is 0 Å². The van der Waals surface area contributed by atoms with E-state index >= 15 is 0 Å². The average Bonchev–Trinajstić information content (AvgIpc) is 3.44. The van der Waals surface area contributed by atoms with E-state index in [-0.39, 0.29) is 30.3 Å². The highest BCUT2D eigenvalue weighted by Gasteiger charge is 2.70. The maximum absolute atomic E-state index is 13.9. The number of likely N-dealkylation sites (tertiary alicyclic amines) is 1. The summed E-state index contributed by atoms with van der Waals surface area (Å²) in [6, 6.07) is 24.4. The van der Waals surface area contributed by atoms with E-state index in [0.717, 1.165) is 11.1 Å². The highest BCUT2D eigenvalue weighted by Crippen LogP contribution is 2.53. The van der Waals surface area contributed by atoms with Crippen LogP contribution in [0.15, 0.2) is 78.9 Å². The lowest BCUT2D eigenvalue weighted by Gasteiger charge is -2.29. The van der Waals surface area contributed by atoms with E-state index in [1.54, 1.807) is 18.2 Å².